The SMILES string of the molecule is C=CCN(C)c1nc(C)ncc1CNC(C)C. The predicted molar refractivity (Wildman–Crippen MR) is 72.2 cm³/mol. The lowest BCUT2D eigenvalue weighted by Crippen LogP contribution is -2.26. The van der Waals surface area contributed by atoms with Gasteiger partial charge in [0.15, 0.2) is 0 Å². The van der Waals surface area contributed by atoms with Gasteiger partial charge in [-0.05, 0) is 6.92 Å². The number of rotatable bonds is 6. The quantitative estimate of drug-likeness (QED) is 0.763. The summed E-state index contributed by atoms with van der Waals surface area (Å²) >= 11 is 0. The van der Waals surface area contributed by atoms with Gasteiger partial charge in [0, 0.05) is 37.9 Å². The summed E-state index contributed by atoms with van der Waals surface area (Å²) in [4.78, 5) is 10.8. The molecular weight excluding hydrogens is 212 g/mol. The average molecular weight is 234 g/mol. The second-order valence-electron chi connectivity index (χ2n) is 4.47. The molecule has 1 aromatic heterocycles. The van der Waals surface area contributed by atoms with E-state index in [4.69, 9.17) is 0 Å². The van der Waals surface area contributed by atoms with Gasteiger partial charge in [0.2, 0.25) is 0 Å². The molecule has 0 amide bonds. The zero-order valence-electron chi connectivity index (χ0n) is 11.2. The van der Waals surface area contributed by atoms with Gasteiger partial charge in [-0.2, -0.15) is 0 Å². The van der Waals surface area contributed by atoms with Gasteiger partial charge in [0.25, 0.3) is 0 Å². The summed E-state index contributed by atoms with van der Waals surface area (Å²) < 4.78 is 0. The fraction of sp³-hybridized carbons (Fsp3) is 0.538. The Balaban J connectivity index is 2.90. The average Bonchev–Trinajstić information content (AvgIpc) is 2.27. The summed E-state index contributed by atoms with van der Waals surface area (Å²) in [5, 5.41) is 3.39. The van der Waals surface area contributed by atoms with Crippen molar-refractivity contribution in [3.05, 3.63) is 30.2 Å². The van der Waals surface area contributed by atoms with Crippen LogP contribution in [0.5, 0.6) is 0 Å². The van der Waals surface area contributed by atoms with Gasteiger partial charge in [-0.3, -0.25) is 0 Å². The molecule has 0 saturated carbocycles. The molecule has 0 aliphatic heterocycles. The maximum atomic E-state index is 4.50. The van der Waals surface area contributed by atoms with Gasteiger partial charge < -0.3 is 10.2 Å². The highest BCUT2D eigenvalue weighted by molar-refractivity contribution is 5.45. The van der Waals surface area contributed by atoms with Crippen LogP contribution in [0, 0.1) is 6.92 Å². The number of hydrogen-bond donors (Lipinski definition) is 1. The van der Waals surface area contributed by atoms with Crippen molar-refractivity contribution in [1.82, 2.24) is 15.3 Å². The zero-order chi connectivity index (χ0) is 12.8. The number of anilines is 1. The molecule has 1 rings (SSSR count). The van der Waals surface area contributed by atoms with E-state index in [2.05, 4.69) is 40.6 Å². The van der Waals surface area contributed by atoms with Crippen LogP contribution in [-0.2, 0) is 6.54 Å². The van der Waals surface area contributed by atoms with Crippen molar-refractivity contribution >= 4 is 5.82 Å². The molecular formula is C13H22N4. The zero-order valence-corrected chi connectivity index (χ0v) is 11.2. The van der Waals surface area contributed by atoms with Crippen LogP contribution >= 0.6 is 0 Å². The second-order valence-corrected chi connectivity index (χ2v) is 4.47. The first-order valence-electron chi connectivity index (χ1n) is 5.92. The molecule has 0 atom stereocenters. The lowest BCUT2D eigenvalue weighted by molar-refractivity contribution is 0.586. The van der Waals surface area contributed by atoms with Crippen LogP contribution in [-0.4, -0.2) is 29.6 Å². The van der Waals surface area contributed by atoms with E-state index in [0.29, 0.717) is 6.04 Å². The second kappa shape index (κ2) is 6.35. The minimum absolute atomic E-state index is 0.453. The van der Waals surface area contributed by atoms with Gasteiger partial charge in [-0.15, -0.1) is 6.58 Å². The summed E-state index contributed by atoms with van der Waals surface area (Å²) in [5.74, 6) is 1.77. The third-order valence-corrected chi connectivity index (χ3v) is 2.43. The fourth-order valence-corrected chi connectivity index (χ4v) is 1.53. The lowest BCUT2D eigenvalue weighted by Gasteiger charge is -2.20. The highest BCUT2D eigenvalue weighted by atomic mass is 15.2. The van der Waals surface area contributed by atoms with Gasteiger partial charge in [0.1, 0.15) is 11.6 Å². The van der Waals surface area contributed by atoms with E-state index in [1.54, 1.807) is 0 Å². The molecule has 0 bridgehead atoms. The van der Waals surface area contributed by atoms with Crippen LogP contribution in [0.3, 0.4) is 0 Å². The van der Waals surface area contributed by atoms with Crippen LogP contribution in [0.1, 0.15) is 25.2 Å². The van der Waals surface area contributed by atoms with Crippen LogP contribution in [0.15, 0.2) is 18.9 Å². The topological polar surface area (TPSA) is 41.1 Å². The molecule has 0 spiro atoms. The van der Waals surface area contributed by atoms with E-state index in [0.717, 1.165) is 30.3 Å². The Kier molecular flexibility index (Phi) is 5.10. The normalized spacial score (nSPS) is 10.6. The van der Waals surface area contributed by atoms with Gasteiger partial charge >= 0.3 is 0 Å². The van der Waals surface area contributed by atoms with Gasteiger partial charge in [-0.25, -0.2) is 9.97 Å². The predicted octanol–water partition coefficient (Wildman–Crippen LogP) is 1.91. The number of likely N-dealkylation sites (N-methyl/N-ethyl adjacent to an activating group) is 1. The smallest absolute Gasteiger partial charge is 0.136 e. The molecule has 0 aliphatic rings. The maximum Gasteiger partial charge on any atom is 0.136 e. The van der Waals surface area contributed by atoms with E-state index in [1.165, 1.54) is 0 Å². The van der Waals surface area contributed by atoms with E-state index in [-0.39, 0.29) is 0 Å². The Hall–Kier alpha value is -1.42. The number of nitrogens with zero attached hydrogens (tertiary/aromatic N) is 3. The number of aromatic nitrogens is 2. The van der Waals surface area contributed by atoms with Crippen molar-refractivity contribution in [2.24, 2.45) is 0 Å². The Morgan fingerprint density at radius 3 is 2.82 bits per heavy atom. The third-order valence-electron chi connectivity index (χ3n) is 2.43. The van der Waals surface area contributed by atoms with Crippen LogP contribution in [0.4, 0.5) is 5.82 Å². The lowest BCUT2D eigenvalue weighted by atomic mass is 10.2. The Morgan fingerprint density at radius 2 is 2.24 bits per heavy atom. The maximum absolute atomic E-state index is 4.50. The van der Waals surface area contributed by atoms with Crippen LogP contribution in [0.2, 0.25) is 0 Å². The standard InChI is InChI=1S/C13H22N4/c1-6-7-17(5)13-12(8-14-10(2)3)9-15-11(4)16-13/h6,9-10,14H,1,7-8H2,2-5H3. The molecule has 4 nitrogen and oxygen atoms in total. The highest BCUT2D eigenvalue weighted by Crippen LogP contribution is 2.15. The van der Waals surface area contributed by atoms with Gasteiger partial charge in [0.05, 0.1) is 0 Å². The van der Waals surface area contributed by atoms with Crippen molar-refractivity contribution in [3.8, 4) is 0 Å². The summed E-state index contributed by atoms with van der Waals surface area (Å²) in [5.41, 5.74) is 1.12. The van der Waals surface area contributed by atoms with Crippen LogP contribution < -0.4 is 10.2 Å². The number of aryl methyl sites for hydroxylation is 1. The monoisotopic (exact) mass is 234 g/mol. The van der Waals surface area contributed by atoms with Crippen molar-refractivity contribution in [2.45, 2.75) is 33.4 Å². The molecule has 1 heterocycles. The van der Waals surface area contributed by atoms with Crippen molar-refractivity contribution < 1.29 is 0 Å². The molecule has 1 N–H and O–H groups in total. The minimum Gasteiger partial charge on any atom is -0.356 e. The number of nitrogens with one attached hydrogen (secondary N) is 1. The molecule has 17 heavy (non-hydrogen) atoms. The molecule has 0 fully saturated rings. The molecule has 4 heteroatoms. The number of hydrogen-bond acceptors (Lipinski definition) is 4. The van der Waals surface area contributed by atoms with Crippen molar-refractivity contribution in [1.29, 1.82) is 0 Å². The Labute approximate surface area is 104 Å². The van der Waals surface area contributed by atoms with E-state index >= 15 is 0 Å². The van der Waals surface area contributed by atoms with E-state index < -0.39 is 0 Å². The van der Waals surface area contributed by atoms with Gasteiger partial charge in [-0.1, -0.05) is 19.9 Å². The summed E-state index contributed by atoms with van der Waals surface area (Å²) in [6, 6.07) is 0.453. The Morgan fingerprint density at radius 1 is 1.53 bits per heavy atom. The van der Waals surface area contributed by atoms with Crippen LogP contribution in [0.25, 0.3) is 0 Å². The molecule has 0 radical (unpaired) electrons. The van der Waals surface area contributed by atoms with Crippen molar-refractivity contribution in [3.63, 3.8) is 0 Å². The minimum atomic E-state index is 0.453. The molecule has 0 saturated heterocycles. The molecule has 1 aromatic rings. The molecule has 0 unspecified atom stereocenters. The summed E-state index contributed by atoms with van der Waals surface area (Å²) in [7, 11) is 2.02. The van der Waals surface area contributed by atoms with E-state index in [1.807, 2.05) is 26.2 Å². The van der Waals surface area contributed by atoms with Crippen molar-refractivity contribution in [2.75, 3.05) is 18.5 Å². The van der Waals surface area contributed by atoms with E-state index in [9.17, 15) is 0 Å². The third kappa shape index (κ3) is 4.15. The Bertz CT molecular complexity index is 374. The fourth-order valence-electron chi connectivity index (χ4n) is 1.53. The first kappa shape index (κ1) is 13.6. The summed E-state index contributed by atoms with van der Waals surface area (Å²) in [6.07, 6.45) is 3.77. The molecule has 0 aliphatic carbocycles. The highest BCUT2D eigenvalue weighted by Gasteiger charge is 2.09. The first-order valence-corrected chi connectivity index (χ1v) is 5.92. The molecule has 0 aromatic carbocycles. The first-order chi connectivity index (χ1) is 8.04. The molecule has 94 valence electrons. The summed E-state index contributed by atoms with van der Waals surface area (Å²) in [6.45, 7) is 11.5. The largest absolute Gasteiger partial charge is 0.356 e.